The highest BCUT2D eigenvalue weighted by Gasteiger charge is 2.15. The summed E-state index contributed by atoms with van der Waals surface area (Å²) in [6, 6.07) is 13.0. The number of halogens is 1. The van der Waals surface area contributed by atoms with Crippen molar-refractivity contribution in [2.45, 2.75) is 18.2 Å². The second-order valence-corrected chi connectivity index (χ2v) is 8.11. The van der Waals surface area contributed by atoms with E-state index in [9.17, 15) is 13.2 Å². The third kappa shape index (κ3) is 6.23. The van der Waals surface area contributed by atoms with Gasteiger partial charge in [0.25, 0.3) is 5.91 Å². The highest BCUT2D eigenvalue weighted by molar-refractivity contribution is 7.89. The summed E-state index contributed by atoms with van der Waals surface area (Å²) in [5, 5.41) is 0.650. The third-order valence-corrected chi connectivity index (χ3v) is 5.63. The number of nitrogens with zero attached hydrogens (tertiary/aromatic N) is 1. The summed E-state index contributed by atoms with van der Waals surface area (Å²) in [5.41, 5.74) is 0.437. The zero-order valence-corrected chi connectivity index (χ0v) is 16.9. The van der Waals surface area contributed by atoms with E-state index in [0.29, 0.717) is 36.7 Å². The van der Waals surface area contributed by atoms with E-state index in [1.807, 2.05) is 0 Å². The predicted molar refractivity (Wildman–Crippen MR) is 106 cm³/mol. The number of hydrogen-bond acceptors (Lipinski definition) is 4. The molecule has 0 unspecified atom stereocenters. The van der Waals surface area contributed by atoms with E-state index in [-0.39, 0.29) is 10.8 Å². The average Bonchev–Trinajstić information content (AvgIpc) is 2.66. The molecule has 0 radical (unpaired) electrons. The summed E-state index contributed by atoms with van der Waals surface area (Å²) in [7, 11) is -1.82. The zero-order chi connectivity index (χ0) is 19.9. The smallest absolute Gasteiger partial charge is 0.253 e. The Hall–Kier alpha value is -2.09. The van der Waals surface area contributed by atoms with Gasteiger partial charge in [0.1, 0.15) is 5.75 Å². The number of sulfonamides is 1. The quantitative estimate of drug-likeness (QED) is 0.644. The third-order valence-electron chi connectivity index (χ3n) is 3.81. The van der Waals surface area contributed by atoms with Gasteiger partial charge >= 0.3 is 0 Å². The number of amides is 1. The van der Waals surface area contributed by atoms with E-state index < -0.39 is 10.0 Å². The van der Waals surface area contributed by atoms with Gasteiger partial charge in [0.2, 0.25) is 10.0 Å². The standard InChI is InChI=1S/C19H23ClN2O4S/c1-3-21-27(24,25)18-11-5-15(6-12-18)19(23)22(2)13-4-14-26-17-9-7-16(20)8-10-17/h5-12,21H,3-4,13-14H2,1-2H3. The first-order valence-corrected chi connectivity index (χ1v) is 10.4. The molecule has 0 aliphatic heterocycles. The first kappa shape index (κ1) is 21.2. The molecule has 0 saturated heterocycles. The van der Waals surface area contributed by atoms with Crippen LogP contribution in [0.5, 0.6) is 5.75 Å². The van der Waals surface area contributed by atoms with Crippen molar-refractivity contribution in [1.29, 1.82) is 0 Å². The van der Waals surface area contributed by atoms with Crippen LogP contribution in [0.2, 0.25) is 5.02 Å². The average molecular weight is 411 g/mol. The molecule has 146 valence electrons. The van der Waals surface area contributed by atoms with Crippen LogP contribution in [0, 0.1) is 0 Å². The maximum absolute atomic E-state index is 12.4. The Balaban J connectivity index is 1.84. The molecule has 0 aliphatic carbocycles. The normalized spacial score (nSPS) is 11.2. The molecule has 0 aromatic heterocycles. The zero-order valence-electron chi connectivity index (χ0n) is 15.3. The fraction of sp³-hybridized carbons (Fsp3) is 0.316. The van der Waals surface area contributed by atoms with Crippen molar-refractivity contribution in [2.24, 2.45) is 0 Å². The molecule has 0 bridgehead atoms. The first-order chi connectivity index (χ1) is 12.8. The molecule has 27 heavy (non-hydrogen) atoms. The number of nitrogens with one attached hydrogen (secondary N) is 1. The Kier molecular flexibility index (Phi) is 7.65. The maximum atomic E-state index is 12.4. The van der Waals surface area contributed by atoms with Crippen molar-refractivity contribution in [3.8, 4) is 5.75 Å². The van der Waals surface area contributed by atoms with Crippen LogP contribution < -0.4 is 9.46 Å². The van der Waals surface area contributed by atoms with Gasteiger partial charge in [0.05, 0.1) is 11.5 Å². The van der Waals surface area contributed by atoms with E-state index >= 15 is 0 Å². The van der Waals surface area contributed by atoms with Crippen LogP contribution in [0.4, 0.5) is 0 Å². The van der Waals surface area contributed by atoms with E-state index in [4.69, 9.17) is 16.3 Å². The number of carbonyl (C=O) groups is 1. The highest BCUT2D eigenvalue weighted by Crippen LogP contribution is 2.16. The number of ether oxygens (including phenoxy) is 1. The van der Waals surface area contributed by atoms with Gasteiger partial charge in [-0.05, 0) is 55.0 Å². The van der Waals surface area contributed by atoms with Crippen LogP contribution in [0.1, 0.15) is 23.7 Å². The van der Waals surface area contributed by atoms with Crippen molar-refractivity contribution in [3.63, 3.8) is 0 Å². The number of carbonyl (C=O) groups excluding carboxylic acids is 1. The molecule has 0 spiro atoms. The van der Waals surface area contributed by atoms with Crippen LogP contribution in [-0.4, -0.2) is 46.0 Å². The van der Waals surface area contributed by atoms with Crippen molar-refractivity contribution >= 4 is 27.5 Å². The van der Waals surface area contributed by atoms with E-state index in [1.165, 1.54) is 24.3 Å². The lowest BCUT2D eigenvalue weighted by atomic mass is 10.2. The minimum atomic E-state index is -3.52. The van der Waals surface area contributed by atoms with E-state index in [2.05, 4.69) is 4.72 Å². The van der Waals surface area contributed by atoms with Gasteiger partial charge in [0, 0.05) is 30.7 Å². The molecule has 1 amide bonds. The molecular formula is C19H23ClN2O4S. The summed E-state index contributed by atoms with van der Waals surface area (Å²) in [4.78, 5) is 14.2. The molecule has 0 aliphatic rings. The SMILES string of the molecule is CCNS(=O)(=O)c1ccc(C(=O)N(C)CCCOc2ccc(Cl)cc2)cc1. The number of hydrogen-bond donors (Lipinski definition) is 1. The van der Waals surface area contributed by atoms with Crippen molar-refractivity contribution in [1.82, 2.24) is 9.62 Å². The Labute approximate surface area is 165 Å². The molecule has 0 fully saturated rings. The predicted octanol–water partition coefficient (Wildman–Crippen LogP) is 3.18. The van der Waals surface area contributed by atoms with Gasteiger partial charge in [-0.15, -0.1) is 0 Å². The Morgan fingerprint density at radius 1 is 1.11 bits per heavy atom. The van der Waals surface area contributed by atoms with Crippen molar-refractivity contribution < 1.29 is 17.9 Å². The lowest BCUT2D eigenvalue weighted by molar-refractivity contribution is 0.0787. The summed E-state index contributed by atoms with van der Waals surface area (Å²) in [6.45, 7) is 3.01. The second kappa shape index (κ2) is 9.73. The molecule has 6 nitrogen and oxygen atoms in total. The minimum Gasteiger partial charge on any atom is -0.494 e. The lowest BCUT2D eigenvalue weighted by Gasteiger charge is -2.17. The van der Waals surface area contributed by atoms with Crippen LogP contribution in [-0.2, 0) is 10.0 Å². The van der Waals surface area contributed by atoms with Gasteiger partial charge in [-0.25, -0.2) is 13.1 Å². The fourth-order valence-electron chi connectivity index (χ4n) is 2.39. The van der Waals surface area contributed by atoms with Gasteiger partial charge < -0.3 is 9.64 Å². The van der Waals surface area contributed by atoms with Crippen LogP contribution in [0.15, 0.2) is 53.4 Å². The summed E-state index contributed by atoms with van der Waals surface area (Å²) < 4.78 is 31.9. The lowest BCUT2D eigenvalue weighted by Crippen LogP contribution is -2.29. The second-order valence-electron chi connectivity index (χ2n) is 5.91. The molecule has 0 heterocycles. The van der Waals surface area contributed by atoms with E-state index in [1.54, 1.807) is 43.1 Å². The van der Waals surface area contributed by atoms with Crippen LogP contribution in [0.25, 0.3) is 0 Å². The van der Waals surface area contributed by atoms with Crippen LogP contribution in [0.3, 0.4) is 0 Å². The van der Waals surface area contributed by atoms with Crippen molar-refractivity contribution in [2.75, 3.05) is 26.7 Å². The minimum absolute atomic E-state index is 0.139. The molecule has 1 N–H and O–H groups in total. The molecular weight excluding hydrogens is 388 g/mol. The van der Waals surface area contributed by atoms with Gasteiger partial charge in [0.15, 0.2) is 0 Å². The molecule has 8 heteroatoms. The van der Waals surface area contributed by atoms with Crippen molar-refractivity contribution in [3.05, 3.63) is 59.1 Å². The Bertz CT molecular complexity index is 852. The Morgan fingerprint density at radius 3 is 2.33 bits per heavy atom. The van der Waals surface area contributed by atoms with Gasteiger partial charge in [-0.2, -0.15) is 0 Å². The topological polar surface area (TPSA) is 75.7 Å². The summed E-state index contributed by atoms with van der Waals surface area (Å²) in [5.74, 6) is 0.555. The highest BCUT2D eigenvalue weighted by atomic mass is 35.5. The Morgan fingerprint density at radius 2 is 1.74 bits per heavy atom. The van der Waals surface area contributed by atoms with Gasteiger partial charge in [-0.1, -0.05) is 18.5 Å². The largest absolute Gasteiger partial charge is 0.494 e. The molecule has 0 atom stereocenters. The first-order valence-electron chi connectivity index (χ1n) is 8.57. The van der Waals surface area contributed by atoms with E-state index in [0.717, 1.165) is 5.75 Å². The maximum Gasteiger partial charge on any atom is 0.253 e. The summed E-state index contributed by atoms with van der Waals surface area (Å²) >= 11 is 5.82. The number of benzene rings is 2. The molecule has 0 saturated carbocycles. The fourth-order valence-corrected chi connectivity index (χ4v) is 3.56. The molecule has 2 aromatic carbocycles. The monoisotopic (exact) mass is 410 g/mol. The molecule has 2 rings (SSSR count). The van der Waals surface area contributed by atoms with Gasteiger partial charge in [-0.3, -0.25) is 4.79 Å². The molecule has 2 aromatic rings. The van der Waals surface area contributed by atoms with Crippen LogP contribution >= 0.6 is 11.6 Å². The summed E-state index contributed by atoms with van der Waals surface area (Å²) in [6.07, 6.45) is 0.664. The number of rotatable bonds is 9.